The quantitative estimate of drug-likeness (QED) is 0.820. The minimum atomic E-state index is -1.05. The van der Waals surface area contributed by atoms with Gasteiger partial charge in [0.25, 0.3) is 0 Å². The van der Waals surface area contributed by atoms with Crippen LogP contribution in [-0.4, -0.2) is 21.8 Å². The van der Waals surface area contributed by atoms with Crippen molar-refractivity contribution < 1.29 is 14.7 Å². The van der Waals surface area contributed by atoms with E-state index in [1.807, 2.05) is 18.2 Å². The van der Waals surface area contributed by atoms with Gasteiger partial charge in [0.2, 0.25) is 0 Å². The van der Waals surface area contributed by atoms with Gasteiger partial charge in [0.1, 0.15) is 0 Å². The number of rotatable bonds is 5. The lowest BCUT2D eigenvalue weighted by Gasteiger charge is -2.17. The first-order chi connectivity index (χ1) is 9.36. The fourth-order valence-corrected chi connectivity index (χ4v) is 2.31. The normalized spacial score (nSPS) is 11.8. The summed E-state index contributed by atoms with van der Waals surface area (Å²) in [5.74, 6) is -1.10. The number of aryl methyl sites for hydroxylation is 1. The second-order valence-corrected chi connectivity index (χ2v) is 5.68. The van der Waals surface area contributed by atoms with Crippen LogP contribution in [0.25, 0.3) is 10.9 Å². The Labute approximate surface area is 117 Å². The summed E-state index contributed by atoms with van der Waals surface area (Å²) in [4.78, 5) is 26.6. The number of carbonyl (C=O) groups excluding carboxylic acids is 1. The van der Waals surface area contributed by atoms with Crippen molar-refractivity contribution >= 4 is 22.7 Å². The van der Waals surface area contributed by atoms with Crippen LogP contribution in [0.1, 0.15) is 43.1 Å². The number of aromatic nitrogens is 1. The molecule has 2 rings (SSSR count). The van der Waals surface area contributed by atoms with Gasteiger partial charge in [-0.3, -0.25) is 9.59 Å². The predicted molar refractivity (Wildman–Crippen MR) is 78.0 cm³/mol. The van der Waals surface area contributed by atoms with Crippen LogP contribution in [0.5, 0.6) is 0 Å². The van der Waals surface area contributed by atoms with Crippen LogP contribution >= 0.6 is 0 Å². The van der Waals surface area contributed by atoms with Gasteiger partial charge in [-0.25, -0.2) is 0 Å². The molecule has 0 spiro atoms. The van der Waals surface area contributed by atoms with E-state index in [4.69, 9.17) is 5.11 Å². The van der Waals surface area contributed by atoms with E-state index in [1.165, 1.54) is 0 Å². The lowest BCUT2D eigenvalue weighted by molar-refractivity contribution is -0.146. The topological polar surface area (TPSA) is 70.2 Å². The first kappa shape index (κ1) is 14.3. The number of carboxylic acids is 1. The number of aliphatic carboxylic acids is 1. The molecule has 1 aromatic heterocycles. The Morgan fingerprint density at radius 3 is 2.60 bits per heavy atom. The van der Waals surface area contributed by atoms with Crippen molar-refractivity contribution in [1.29, 1.82) is 0 Å². The minimum absolute atomic E-state index is 0.00829. The number of aromatic amines is 1. The molecule has 1 heterocycles. The maximum Gasteiger partial charge on any atom is 0.309 e. The number of fused-ring (bicyclic) bond motifs is 1. The maximum absolute atomic E-state index is 12.4. The molecule has 20 heavy (non-hydrogen) atoms. The highest BCUT2D eigenvalue weighted by atomic mass is 16.4. The standard InChI is InChI=1S/C16H19NO3/c1-4-10-6-5-7-11-12(9-17-14(10)11)13(18)8-16(2,3)15(19)20/h5-7,9,17H,4,8H2,1-3H3,(H,19,20). The van der Waals surface area contributed by atoms with Crippen LogP contribution in [0.3, 0.4) is 0 Å². The van der Waals surface area contributed by atoms with Crippen LogP contribution in [0.4, 0.5) is 0 Å². The molecule has 0 saturated carbocycles. The predicted octanol–water partition coefficient (Wildman–Crippen LogP) is 3.41. The Bertz CT molecular complexity index is 667. The van der Waals surface area contributed by atoms with Gasteiger partial charge in [0.05, 0.1) is 5.41 Å². The average molecular weight is 273 g/mol. The summed E-state index contributed by atoms with van der Waals surface area (Å²) >= 11 is 0. The number of benzene rings is 1. The maximum atomic E-state index is 12.4. The van der Waals surface area contributed by atoms with E-state index >= 15 is 0 Å². The molecule has 0 bridgehead atoms. The summed E-state index contributed by atoms with van der Waals surface area (Å²) in [6.45, 7) is 5.20. The van der Waals surface area contributed by atoms with Crippen molar-refractivity contribution in [3.05, 3.63) is 35.5 Å². The van der Waals surface area contributed by atoms with Crippen LogP contribution in [0.2, 0.25) is 0 Å². The molecular weight excluding hydrogens is 254 g/mol. The molecule has 0 fully saturated rings. The van der Waals surface area contributed by atoms with Gasteiger partial charge in [0, 0.05) is 29.1 Å². The molecule has 0 aliphatic heterocycles. The van der Waals surface area contributed by atoms with Crippen molar-refractivity contribution in [2.75, 3.05) is 0 Å². The molecule has 0 saturated heterocycles. The zero-order valence-corrected chi connectivity index (χ0v) is 12.0. The molecule has 4 nitrogen and oxygen atoms in total. The van der Waals surface area contributed by atoms with Crippen molar-refractivity contribution in [2.45, 2.75) is 33.6 Å². The third-order valence-electron chi connectivity index (χ3n) is 3.66. The van der Waals surface area contributed by atoms with Gasteiger partial charge >= 0.3 is 5.97 Å². The Kier molecular flexibility index (Phi) is 3.66. The monoisotopic (exact) mass is 273 g/mol. The molecule has 0 amide bonds. The second kappa shape index (κ2) is 5.12. The van der Waals surface area contributed by atoms with Gasteiger partial charge in [-0.1, -0.05) is 25.1 Å². The van der Waals surface area contributed by atoms with E-state index in [1.54, 1.807) is 20.0 Å². The van der Waals surface area contributed by atoms with Crippen molar-refractivity contribution in [3.8, 4) is 0 Å². The summed E-state index contributed by atoms with van der Waals surface area (Å²) in [6.07, 6.45) is 2.56. The SMILES string of the molecule is CCc1cccc2c(C(=O)CC(C)(C)C(=O)O)c[nH]c12. The fraction of sp³-hybridized carbons (Fsp3) is 0.375. The first-order valence-corrected chi connectivity index (χ1v) is 6.72. The molecular formula is C16H19NO3. The highest BCUT2D eigenvalue weighted by Gasteiger charge is 2.31. The van der Waals surface area contributed by atoms with Crippen LogP contribution in [0, 0.1) is 5.41 Å². The molecule has 2 aromatic rings. The first-order valence-electron chi connectivity index (χ1n) is 6.72. The summed E-state index contributed by atoms with van der Waals surface area (Å²) in [5, 5.41) is 9.99. The number of H-pyrrole nitrogens is 1. The lowest BCUT2D eigenvalue weighted by Crippen LogP contribution is -2.26. The fourth-order valence-electron chi connectivity index (χ4n) is 2.31. The number of ketones is 1. The molecule has 2 N–H and O–H groups in total. The summed E-state index contributed by atoms with van der Waals surface area (Å²) in [5.41, 5.74) is 1.64. The molecule has 0 unspecified atom stereocenters. The number of carboxylic acid groups (broad SMARTS) is 1. The number of nitrogens with one attached hydrogen (secondary N) is 1. The summed E-state index contributed by atoms with van der Waals surface area (Å²) < 4.78 is 0. The lowest BCUT2D eigenvalue weighted by atomic mass is 9.85. The molecule has 106 valence electrons. The third-order valence-corrected chi connectivity index (χ3v) is 3.66. The number of hydrogen-bond acceptors (Lipinski definition) is 2. The number of para-hydroxylation sites is 1. The number of Topliss-reactive ketones (excluding diaryl/α,β-unsaturated/α-hetero) is 1. The van der Waals surface area contributed by atoms with Crippen LogP contribution < -0.4 is 0 Å². The van der Waals surface area contributed by atoms with Crippen LogP contribution in [0.15, 0.2) is 24.4 Å². The van der Waals surface area contributed by atoms with Gasteiger partial charge in [-0.2, -0.15) is 0 Å². The molecule has 0 radical (unpaired) electrons. The zero-order valence-electron chi connectivity index (χ0n) is 12.0. The Morgan fingerprint density at radius 1 is 1.30 bits per heavy atom. The van der Waals surface area contributed by atoms with Crippen molar-refractivity contribution in [2.24, 2.45) is 5.41 Å². The molecule has 0 atom stereocenters. The van der Waals surface area contributed by atoms with Gasteiger partial charge in [-0.05, 0) is 25.8 Å². The zero-order chi connectivity index (χ0) is 14.9. The average Bonchev–Trinajstić information content (AvgIpc) is 2.81. The van der Waals surface area contributed by atoms with E-state index in [2.05, 4.69) is 11.9 Å². The molecule has 1 aromatic carbocycles. The Hall–Kier alpha value is -2.10. The van der Waals surface area contributed by atoms with E-state index in [-0.39, 0.29) is 12.2 Å². The number of carbonyl (C=O) groups is 2. The third kappa shape index (κ3) is 2.46. The van der Waals surface area contributed by atoms with E-state index in [0.29, 0.717) is 5.56 Å². The molecule has 4 heteroatoms. The Morgan fingerprint density at radius 2 is 2.00 bits per heavy atom. The van der Waals surface area contributed by atoms with Crippen molar-refractivity contribution in [1.82, 2.24) is 4.98 Å². The highest BCUT2D eigenvalue weighted by molar-refractivity contribution is 6.09. The van der Waals surface area contributed by atoms with E-state index < -0.39 is 11.4 Å². The van der Waals surface area contributed by atoms with Gasteiger partial charge < -0.3 is 10.1 Å². The largest absolute Gasteiger partial charge is 0.481 e. The number of hydrogen-bond donors (Lipinski definition) is 2. The Balaban J connectivity index is 2.39. The minimum Gasteiger partial charge on any atom is -0.481 e. The van der Waals surface area contributed by atoms with E-state index in [0.717, 1.165) is 22.9 Å². The summed E-state index contributed by atoms with van der Waals surface area (Å²) in [6, 6.07) is 5.84. The van der Waals surface area contributed by atoms with Gasteiger partial charge in [0.15, 0.2) is 5.78 Å². The van der Waals surface area contributed by atoms with Gasteiger partial charge in [-0.15, -0.1) is 0 Å². The van der Waals surface area contributed by atoms with E-state index in [9.17, 15) is 9.59 Å². The van der Waals surface area contributed by atoms with Crippen LogP contribution in [-0.2, 0) is 11.2 Å². The molecule has 0 aliphatic carbocycles. The second-order valence-electron chi connectivity index (χ2n) is 5.68. The smallest absolute Gasteiger partial charge is 0.309 e. The van der Waals surface area contributed by atoms with Crippen molar-refractivity contribution in [3.63, 3.8) is 0 Å². The highest BCUT2D eigenvalue weighted by Crippen LogP contribution is 2.28. The summed E-state index contributed by atoms with van der Waals surface area (Å²) in [7, 11) is 0. The molecule has 0 aliphatic rings.